The summed E-state index contributed by atoms with van der Waals surface area (Å²) in [5.41, 5.74) is 7.09. The molecule has 186 valence electrons. The lowest BCUT2D eigenvalue weighted by Gasteiger charge is -2.12. The Balaban J connectivity index is 1.74. The lowest BCUT2D eigenvalue weighted by Crippen LogP contribution is -2.09. The highest BCUT2D eigenvalue weighted by molar-refractivity contribution is 6.05. The van der Waals surface area contributed by atoms with Crippen LogP contribution in [0, 0.1) is 13.8 Å². The van der Waals surface area contributed by atoms with Crippen LogP contribution in [0.2, 0.25) is 0 Å². The van der Waals surface area contributed by atoms with E-state index in [0.717, 1.165) is 44.5 Å². The van der Waals surface area contributed by atoms with Crippen LogP contribution in [0.5, 0.6) is 17.2 Å². The van der Waals surface area contributed by atoms with E-state index >= 15 is 0 Å². The van der Waals surface area contributed by atoms with Crippen molar-refractivity contribution in [2.75, 3.05) is 26.1 Å². The molecule has 3 aromatic carbocycles. The molecule has 0 unspecified atom stereocenters. The van der Waals surface area contributed by atoms with Crippen LogP contribution < -0.4 is 19.5 Å². The van der Waals surface area contributed by atoms with Crippen molar-refractivity contribution in [1.29, 1.82) is 0 Å². The van der Waals surface area contributed by atoms with E-state index in [4.69, 9.17) is 18.6 Å². The maximum Gasteiger partial charge on any atom is 0.248 e. The van der Waals surface area contributed by atoms with E-state index in [0.29, 0.717) is 29.4 Å². The molecule has 6 nitrogen and oxygen atoms in total. The van der Waals surface area contributed by atoms with E-state index < -0.39 is 0 Å². The van der Waals surface area contributed by atoms with Gasteiger partial charge in [0, 0.05) is 34.3 Å². The average molecular weight is 486 g/mol. The SMILES string of the molecule is CCOc1cc2occ(-c3ccc(OC)c(OC)c3)c2cc1/C(C)=C/C(=O)Nc1cc(C)cc(C)c1. The molecule has 0 saturated heterocycles. The summed E-state index contributed by atoms with van der Waals surface area (Å²) in [4.78, 5) is 12.8. The van der Waals surface area contributed by atoms with Gasteiger partial charge in [0.15, 0.2) is 11.5 Å². The molecular formula is C30H31NO5. The van der Waals surface area contributed by atoms with Crippen LogP contribution in [0.3, 0.4) is 0 Å². The van der Waals surface area contributed by atoms with Crippen LogP contribution in [0.15, 0.2) is 65.3 Å². The Kier molecular flexibility index (Phi) is 7.34. The predicted octanol–water partition coefficient (Wildman–Crippen LogP) is 7.17. The number of carbonyl (C=O) groups excluding carboxylic acids is 1. The summed E-state index contributed by atoms with van der Waals surface area (Å²) in [7, 11) is 3.22. The molecule has 1 amide bonds. The number of rotatable bonds is 8. The van der Waals surface area contributed by atoms with Crippen molar-refractivity contribution in [3.8, 4) is 28.4 Å². The first-order valence-corrected chi connectivity index (χ1v) is 11.8. The second kappa shape index (κ2) is 10.6. The highest BCUT2D eigenvalue weighted by atomic mass is 16.5. The van der Waals surface area contributed by atoms with E-state index in [1.165, 1.54) is 0 Å². The third-order valence-corrected chi connectivity index (χ3v) is 5.93. The number of nitrogens with one attached hydrogen (secondary N) is 1. The number of allylic oxidation sites excluding steroid dienone is 1. The molecule has 0 spiro atoms. The number of carbonyl (C=O) groups is 1. The first kappa shape index (κ1) is 24.9. The van der Waals surface area contributed by atoms with Crippen molar-refractivity contribution < 1.29 is 23.4 Å². The number of benzene rings is 3. The first-order chi connectivity index (χ1) is 17.3. The second-order valence-corrected chi connectivity index (χ2v) is 8.69. The largest absolute Gasteiger partial charge is 0.493 e. The minimum absolute atomic E-state index is 0.202. The van der Waals surface area contributed by atoms with Gasteiger partial charge in [-0.05, 0) is 80.3 Å². The van der Waals surface area contributed by atoms with Gasteiger partial charge in [0.2, 0.25) is 5.91 Å². The average Bonchev–Trinajstić information content (AvgIpc) is 3.25. The van der Waals surface area contributed by atoms with Gasteiger partial charge in [-0.3, -0.25) is 4.79 Å². The number of anilines is 1. The van der Waals surface area contributed by atoms with Crippen molar-refractivity contribution in [3.05, 3.63) is 77.6 Å². The number of aryl methyl sites for hydroxylation is 2. The smallest absolute Gasteiger partial charge is 0.248 e. The molecule has 1 N–H and O–H groups in total. The van der Waals surface area contributed by atoms with Gasteiger partial charge >= 0.3 is 0 Å². The Morgan fingerprint density at radius 2 is 1.67 bits per heavy atom. The van der Waals surface area contributed by atoms with E-state index in [1.807, 2.05) is 70.2 Å². The zero-order valence-electron chi connectivity index (χ0n) is 21.5. The Morgan fingerprint density at radius 1 is 0.944 bits per heavy atom. The van der Waals surface area contributed by atoms with Crippen molar-refractivity contribution >= 4 is 28.1 Å². The van der Waals surface area contributed by atoms with Gasteiger partial charge in [-0.1, -0.05) is 12.1 Å². The fraction of sp³-hybridized carbons (Fsp3) is 0.233. The lowest BCUT2D eigenvalue weighted by molar-refractivity contribution is -0.111. The van der Waals surface area contributed by atoms with Gasteiger partial charge in [0.1, 0.15) is 11.3 Å². The third-order valence-electron chi connectivity index (χ3n) is 5.93. The second-order valence-electron chi connectivity index (χ2n) is 8.69. The monoisotopic (exact) mass is 485 g/mol. The summed E-state index contributed by atoms with van der Waals surface area (Å²) in [5.74, 6) is 1.75. The van der Waals surface area contributed by atoms with Gasteiger partial charge in [0.05, 0.1) is 27.1 Å². The molecule has 1 aromatic heterocycles. The van der Waals surface area contributed by atoms with Gasteiger partial charge in [-0.2, -0.15) is 0 Å². The first-order valence-electron chi connectivity index (χ1n) is 11.8. The number of hydrogen-bond acceptors (Lipinski definition) is 5. The summed E-state index contributed by atoms with van der Waals surface area (Å²) in [5, 5.41) is 3.87. The third kappa shape index (κ3) is 5.23. The number of hydrogen-bond donors (Lipinski definition) is 1. The Morgan fingerprint density at radius 3 is 2.33 bits per heavy atom. The minimum atomic E-state index is -0.202. The topological polar surface area (TPSA) is 69.9 Å². The molecule has 0 aliphatic rings. The molecule has 0 bridgehead atoms. The van der Waals surface area contributed by atoms with Crippen molar-refractivity contribution in [1.82, 2.24) is 0 Å². The zero-order valence-corrected chi connectivity index (χ0v) is 21.5. The number of furan rings is 1. The Bertz CT molecular complexity index is 1430. The van der Waals surface area contributed by atoms with Gasteiger partial charge in [0.25, 0.3) is 0 Å². The van der Waals surface area contributed by atoms with E-state index in [-0.39, 0.29) is 5.91 Å². The fourth-order valence-corrected chi connectivity index (χ4v) is 4.37. The van der Waals surface area contributed by atoms with Crippen LogP contribution in [0.4, 0.5) is 5.69 Å². The highest BCUT2D eigenvalue weighted by Crippen LogP contribution is 2.40. The standard InChI is InChI=1S/C30H31NO5/c1-7-35-27-16-28-24(25(17-36-28)21-8-9-26(33-5)29(14-21)34-6)15-23(27)20(4)13-30(32)31-22-11-18(2)10-19(3)12-22/h8-17H,7H2,1-6H3,(H,31,32)/b20-13+. The lowest BCUT2D eigenvalue weighted by atomic mass is 9.99. The number of methoxy groups -OCH3 is 2. The molecule has 36 heavy (non-hydrogen) atoms. The normalized spacial score (nSPS) is 11.4. The fourth-order valence-electron chi connectivity index (χ4n) is 4.37. The summed E-state index contributed by atoms with van der Waals surface area (Å²) in [6.07, 6.45) is 3.31. The van der Waals surface area contributed by atoms with E-state index in [9.17, 15) is 4.79 Å². The summed E-state index contributed by atoms with van der Waals surface area (Å²) >= 11 is 0. The van der Waals surface area contributed by atoms with Crippen LogP contribution >= 0.6 is 0 Å². The maximum absolute atomic E-state index is 12.8. The van der Waals surface area contributed by atoms with Gasteiger partial charge < -0.3 is 23.9 Å². The van der Waals surface area contributed by atoms with Crippen LogP contribution in [-0.4, -0.2) is 26.7 Å². The molecule has 0 aliphatic carbocycles. The number of amides is 1. The molecule has 0 fully saturated rings. The Labute approximate surface area is 211 Å². The quantitative estimate of drug-likeness (QED) is 0.268. The highest BCUT2D eigenvalue weighted by Gasteiger charge is 2.17. The molecule has 0 atom stereocenters. The van der Waals surface area contributed by atoms with E-state index in [1.54, 1.807) is 26.6 Å². The predicted molar refractivity (Wildman–Crippen MR) is 144 cm³/mol. The number of fused-ring (bicyclic) bond motifs is 1. The molecule has 1 heterocycles. The molecular weight excluding hydrogens is 454 g/mol. The van der Waals surface area contributed by atoms with Crippen LogP contribution in [-0.2, 0) is 4.79 Å². The maximum atomic E-state index is 12.8. The van der Waals surface area contributed by atoms with Crippen molar-refractivity contribution in [3.63, 3.8) is 0 Å². The zero-order chi connectivity index (χ0) is 25.8. The van der Waals surface area contributed by atoms with Crippen LogP contribution in [0.25, 0.3) is 27.7 Å². The summed E-state index contributed by atoms with van der Waals surface area (Å²) < 4.78 is 22.6. The van der Waals surface area contributed by atoms with Crippen LogP contribution in [0.1, 0.15) is 30.5 Å². The molecule has 0 radical (unpaired) electrons. The van der Waals surface area contributed by atoms with Crippen molar-refractivity contribution in [2.45, 2.75) is 27.7 Å². The van der Waals surface area contributed by atoms with E-state index in [2.05, 4.69) is 11.4 Å². The minimum Gasteiger partial charge on any atom is -0.493 e. The molecule has 0 aliphatic heterocycles. The molecule has 6 heteroatoms. The molecule has 0 saturated carbocycles. The van der Waals surface area contributed by atoms with Gasteiger partial charge in [-0.25, -0.2) is 0 Å². The Hall–Kier alpha value is -4.19. The molecule has 4 rings (SSSR count). The summed E-state index contributed by atoms with van der Waals surface area (Å²) in [6.45, 7) is 8.34. The number of ether oxygens (including phenoxy) is 3. The molecule has 4 aromatic rings. The van der Waals surface area contributed by atoms with Gasteiger partial charge in [-0.15, -0.1) is 0 Å². The van der Waals surface area contributed by atoms with Crippen molar-refractivity contribution in [2.24, 2.45) is 0 Å². The summed E-state index contributed by atoms with van der Waals surface area (Å²) in [6, 6.07) is 15.6.